The van der Waals surface area contributed by atoms with Crippen molar-refractivity contribution in [2.24, 2.45) is 4.99 Å². The number of hydrogen-bond acceptors (Lipinski definition) is 6. The molecule has 0 bridgehead atoms. The number of amides is 1. The van der Waals surface area contributed by atoms with Crippen molar-refractivity contribution in [2.75, 3.05) is 25.4 Å². The van der Waals surface area contributed by atoms with Crippen LogP contribution in [0.5, 0.6) is 5.75 Å². The molecular formula is C23H25Cl2N3O4S. The van der Waals surface area contributed by atoms with Gasteiger partial charge < -0.3 is 20.5 Å². The van der Waals surface area contributed by atoms with Gasteiger partial charge >= 0.3 is 5.97 Å². The molecule has 0 saturated carbocycles. The van der Waals surface area contributed by atoms with Crippen LogP contribution in [0, 0.1) is 0 Å². The Kier molecular flexibility index (Phi) is 9.72. The fraction of sp³-hybridized carbons (Fsp3) is 0.348. The Balaban J connectivity index is 1.45. The van der Waals surface area contributed by atoms with Crippen LogP contribution in [0.2, 0.25) is 10.0 Å². The highest BCUT2D eigenvalue weighted by atomic mass is 35.5. The predicted molar refractivity (Wildman–Crippen MR) is 133 cm³/mol. The lowest BCUT2D eigenvalue weighted by Gasteiger charge is -2.16. The average Bonchev–Trinajstić information content (AvgIpc) is 3.30. The van der Waals surface area contributed by atoms with Gasteiger partial charge in [-0.15, -0.1) is 0 Å². The van der Waals surface area contributed by atoms with Gasteiger partial charge in [-0.25, -0.2) is 4.79 Å². The van der Waals surface area contributed by atoms with Crippen molar-refractivity contribution in [1.29, 1.82) is 0 Å². The molecular weight excluding hydrogens is 485 g/mol. The number of carbonyl (C=O) groups is 2. The van der Waals surface area contributed by atoms with E-state index in [9.17, 15) is 14.7 Å². The number of carboxylic acids is 1. The van der Waals surface area contributed by atoms with Crippen LogP contribution in [0.3, 0.4) is 0 Å². The SMILES string of the molecule is O=C(N[C@H](Cc1ccc(OCCCCNC2=NCCS2)cc1)C(=O)O)c1c(Cl)cccc1Cl. The monoisotopic (exact) mass is 509 g/mol. The van der Waals surface area contributed by atoms with Gasteiger partial charge in [0.1, 0.15) is 11.8 Å². The van der Waals surface area contributed by atoms with Crippen LogP contribution in [0.15, 0.2) is 47.5 Å². The number of carboxylic acid groups (broad SMARTS) is 1. The van der Waals surface area contributed by atoms with Gasteiger partial charge in [0.05, 0.1) is 28.8 Å². The molecule has 0 saturated heterocycles. The van der Waals surface area contributed by atoms with Crippen molar-refractivity contribution in [1.82, 2.24) is 10.6 Å². The highest BCUT2D eigenvalue weighted by molar-refractivity contribution is 8.14. The van der Waals surface area contributed by atoms with Crippen LogP contribution in [0.4, 0.5) is 0 Å². The number of nitrogens with one attached hydrogen (secondary N) is 2. The molecule has 10 heteroatoms. The largest absolute Gasteiger partial charge is 0.494 e. The fourth-order valence-electron chi connectivity index (χ4n) is 3.16. The molecule has 3 N–H and O–H groups in total. The standard InChI is InChI=1S/C23H25Cl2N3O4S/c24-17-4-3-5-18(25)20(17)21(29)28-19(22(30)31)14-15-6-8-16(9-7-15)32-12-2-1-10-26-23-27-11-13-33-23/h3-9,19H,1-2,10-14H2,(H,26,27)(H,28,29)(H,30,31)/t19-/m1/s1. The summed E-state index contributed by atoms with van der Waals surface area (Å²) in [5.74, 6) is -0.0221. The first-order valence-electron chi connectivity index (χ1n) is 10.5. The molecule has 2 aromatic carbocycles. The molecule has 0 aromatic heterocycles. The third-order valence-electron chi connectivity index (χ3n) is 4.86. The van der Waals surface area contributed by atoms with Crippen molar-refractivity contribution in [3.8, 4) is 5.75 Å². The number of rotatable bonds is 11. The number of ether oxygens (including phenoxy) is 1. The van der Waals surface area contributed by atoms with Crippen molar-refractivity contribution < 1.29 is 19.4 Å². The van der Waals surface area contributed by atoms with Crippen molar-refractivity contribution in [2.45, 2.75) is 25.3 Å². The molecule has 176 valence electrons. The van der Waals surface area contributed by atoms with E-state index < -0.39 is 17.9 Å². The molecule has 1 aliphatic heterocycles. The van der Waals surface area contributed by atoms with E-state index in [2.05, 4.69) is 15.6 Å². The van der Waals surface area contributed by atoms with Crippen molar-refractivity contribution >= 4 is 52.0 Å². The van der Waals surface area contributed by atoms with E-state index >= 15 is 0 Å². The molecule has 0 radical (unpaired) electrons. The van der Waals surface area contributed by atoms with Crippen molar-refractivity contribution in [3.63, 3.8) is 0 Å². The highest BCUT2D eigenvalue weighted by Gasteiger charge is 2.23. The summed E-state index contributed by atoms with van der Waals surface area (Å²) in [6.45, 7) is 2.35. The fourth-order valence-corrected chi connectivity index (χ4v) is 4.49. The summed E-state index contributed by atoms with van der Waals surface area (Å²) >= 11 is 13.8. The normalized spacial score (nSPS) is 13.8. The zero-order valence-corrected chi connectivity index (χ0v) is 20.2. The Morgan fingerprint density at radius 3 is 2.48 bits per heavy atom. The summed E-state index contributed by atoms with van der Waals surface area (Å²) in [6.07, 6.45) is 1.99. The topological polar surface area (TPSA) is 100 Å². The van der Waals surface area contributed by atoms with Crippen LogP contribution in [-0.2, 0) is 11.2 Å². The first-order chi connectivity index (χ1) is 15.9. The van der Waals surface area contributed by atoms with Crippen LogP contribution in [-0.4, -0.2) is 53.6 Å². The van der Waals surface area contributed by atoms with E-state index in [4.69, 9.17) is 27.9 Å². The Morgan fingerprint density at radius 1 is 1.12 bits per heavy atom. The molecule has 3 rings (SSSR count). The van der Waals surface area contributed by atoms with Crippen LogP contribution < -0.4 is 15.4 Å². The number of thioether (sulfide) groups is 1. The van der Waals surface area contributed by atoms with E-state index in [1.807, 2.05) is 0 Å². The second kappa shape index (κ2) is 12.7. The Labute approximate surface area is 206 Å². The number of carbonyl (C=O) groups excluding carboxylic acids is 1. The van der Waals surface area contributed by atoms with E-state index in [-0.39, 0.29) is 22.0 Å². The summed E-state index contributed by atoms with van der Waals surface area (Å²) in [7, 11) is 0. The quantitative estimate of drug-likeness (QED) is 0.391. The lowest BCUT2D eigenvalue weighted by molar-refractivity contribution is -0.139. The van der Waals surface area contributed by atoms with Gasteiger partial charge in [0.25, 0.3) is 5.91 Å². The summed E-state index contributed by atoms with van der Waals surface area (Å²) in [5.41, 5.74) is 0.806. The van der Waals surface area contributed by atoms with Gasteiger partial charge in [-0.3, -0.25) is 9.79 Å². The van der Waals surface area contributed by atoms with Crippen LogP contribution in [0.25, 0.3) is 0 Å². The third-order valence-corrected chi connectivity index (χ3v) is 6.42. The lowest BCUT2D eigenvalue weighted by Crippen LogP contribution is -2.42. The zero-order valence-electron chi connectivity index (χ0n) is 17.9. The molecule has 7 nitrogen and oxygen atoms in total. The maximum absolute atomic E-state index is 12.5. The van der Waals surface area contributed by atoms with E-state index in [1.165, 1.54) is 12.1 Å². The molecule has 33 heavy (non-hydrogen) atoms. The molecule has 0 aliphatic carbocycles. The third kappa shape index (κ3) is 7.84. The molecule has 1 heterocycles. The molecule has 1 amide bonds. The average molecular weight is 510 g/mol. The Morgan fingerprint density at radius 2 is 1.85 bits per heavy atom. The minimum Gasteiger partial charge on any atom is -0.494 e. The Bertz CT molecular complexity index is 981. The molecule has 1 atom stereocenters. The number of halogens is 2. The summed E-state index contributed by atoms with van der Waals surface area (Å²) in [5, 5.41) is 16.7. The molecule has 2 aromatic rings. The molecule has 0 fully saturated rings. The molecule has 1 aliphatic rings. The summed E-state index contributed by atoms with van der Waals surface area (Å²) < 4.78 is 5.76. The highest BCUT2D eigenvalue weighted by Crippen LogP contribution is 2.24. The minimum atomic E-state index is -1.15. The second-order valence-electron chi connectivity index (χ2n) is 7.33. The van der Waals surface area contributed by atoms with Gasteiger partial charge in [0.15, 0.2) is 5.17 Å². The van der Waals surface area contributed by atoms with Gasteiger partial charge in [0, 0.05) is 18.7 Å². The maximum Gasteiger partial charge on any atom is 0.326 e. The number of amidine groups is 1. The first-order valence-corrected chi connectivity index (χ1v) is 12.3. The van der Waals surface area contributed by atoms with E-state index in [0.29, 0.717) is 12.4 Å². The predicted octanol–water partition coefficient (Wildman–Crippen LogP) is 4.27. The lowest BCUT2D eigenvalue weighted by atomic mass is 10.1. The first kappa shape index (κ1) is 25.2. The van der Waals surface area contributed by atoms with Gasteiger partial charge in [-0.2, -0.15) is 0 Å². The number of aliphatic carboxylic acids is 1. The zero-order chi connectivity index (χ0) is 23.6. The van der Waals surface area contributed by atoms with E-state index in [0.717, 1.165) is 42.4 Å². The van der Waals surface area contributed by atoms with E-state index in [1.54, 1.807) is 42.1 Å². The number of hydrogen-bond donors (Lipinski definition) is 3. The second-order valence-corrected chi connectivity index (χ2v) is 9.22. The maximum atomic E-state index is 12.5. The van der Waals surface area contributed by atoms with Gasteiger partial charge in [-0.1, -0.05) is 53.2 Å². The van der Waals surface area contributed by atoms with Crippen LogP contribution in [0.1, 0.15) is 28.8 Å². The summed E-state index contributed by atoms with van der Waals surface area (Å²) in [6, 6.07) is 10.7. The Hall–Kier alpha value is -2.42. The minimum absolute atomic E-state index is 0.0565. The van der Waals surface area contributed by atoms with Crippen LogP contribution >= 0.6 is 35.0 Å². The molecule has 0 unspecified atom stereocenters. The smallest absolute Gasteiger partial charge is 0.326 e. The number of nitrogens with zero attached hydrogens (tertiary/aromatic N) is 1. The number of aliphatic imine (C=N–C) groups is 1. The number of benzene rings is 2. The number of unbranched alkanes of at least 4 members (excludes halogenated alkanes) is 1. The van der Waals surface area contributed by atoms with Gasteiger partial charge in [-0.05, 0) is 42.7 Å². The van der Waals surface area contributed by atoms with Gasteiger partial charge in [0.2, 0.25) is 0 Å². The summed E-state index contributed by atoms with van der Waals surface area (Å²) in [4.78, 5) is 28.6. The molecule has 0 spiro atoms. The van der Waals surface area contributed by atoms with Crippen molar-refractivity contribution in [3.05, 3.63) is 63.6 Å².